The summed E-state index contributed by atoms with van der Waals surface area (Å²) in [5, 5.41) is 0. The quantitative estimate of drug-likeness (QED) is 0.349. The van der Waals surface area contributed by atoms with Gasteiger partial charge < -0.3 is 6.92 Å². The van der Waals surface area contributed by atoms with E-state index in [4.69, 9.17) is 0 Å². The van der Waals surface area contributed by atoms with Crippen molar-refractivity contribution in [3.05, 3.63) is 6.92 Å². The summed E-state index contributed by atoms with van der Waals surface area (Å²) in [6.07, 6.45) is 4.17. The summed E-state index contributed by atoms with van der Waals surface area (Å²) in [5.74, 6) is 0.815. The largest absolute Gasteiger partial charge is 0.340 e. The summed E-state index contributed by atoms with van der Waals surface area (Å²) in [5.41, 5.74) is 0. The second kappa shape index (κ2) is 2.74. The molecule has 1 aliphatic rings. The van der Waals surface area contributed by atoms with Crippen LogP contribution in [0.2, 0.25) is 0 Å². The standard InChI is InChI=1S/C5H9.Zn/c1-5-3-2-4-5;/h5H,1-4H2;/q-1;. The van der Waals surface area contributed by atoms with Crippen molar-refractivity contribution in [2.75, 3.05) is 0 Å². The van der Waals surface area contributed by atoms with Gasteiger partial charge >= 0.3 is 0 Å². The number of hydrogen-bond acceptors (Lipinski definition) is 0. The minimum absolute atomic E-state index is 0. The van der Waals surface area contributed by atoms with Gasteiger partial charge in [-0.3, -0.25) is 0 Å². The fourth-order valence-corrected chi connectivity index (χ4v) is 0.493. The maximum Gasteiger partial charge on any atom is 0 e. The Bertz CT molecular complexity index is 30.9. The van der Waals surface area contributed by atoms with E-state index in [-0.39, 0.29) is 19.5 Å². The minimum Gasteiger partial charge on any atom is -0.340 e. The van der Waals surface area contributed by atoms with Gasteiger partial charge in [0.05, 0.1) is 0 Å². The van der Waals surface area contributed by atoms with E-state index in [1.807, 2.05) is 0 Å². The Kier molecular flexibility index (Phi) is 3.02. The van der Waals surface area contributed by atoms with Crippen LogP contribution in [0.25, 0.3) is 0 Å². The molecule has 0 atom stereocenters. The van der Waals surface area contributed by atoms with Crippen LogP contribution < -0.4 is 0 Å². The minimum atomic E-state index is 0. The molecule has 0 spiro atoms. The molecule has 1 fully saturated rings. The van der Waals surface area contributed by atoms with E-state index in [1.54, 1.807) is 0 Å². The summed E-state index contributed by atoms with van der Waals surface area (Å²) in [7, 11) is 0. The Morgan fingerprint density at radius 3 is 1.67 bits per heavy atom. The zero-order valence-electron chi connectivity index (χ0n) is 4.11. The number of rotatable bonds is 0. The first-order chi connectivity index (χ1) is 2.39. The molecule has 0 aliphatic heterocycles. The molecule has 0 radical (unpaired) electrons. The van der Waals surface area contributed by atoms with Crippen LogP contribution in [0.1, 0.15) is 19.3 Å². The molecule has 0 bridgehead atoms. The Morgan fingerprint density at radius 2 is 1.67 bits per heavy atom. The van der Waals surface area contributed by atoms with E-state index >= 15 is 0 Å². The van der Waals surface area contributed by atoms with Gasteiger partial charge in [0.15, 0.2) is 0 Å². The van der Waals surface area contributed by atoms with E-state index < -0.39 is 0 Å². The van der Waals surface area contributed by atoms with Crippen LogP contribution in [0.15, 0.2) is 0 Å². The van der Waals surface area contributed by atoms with E-state index in [0.29, 0.717) is 0 Å². The molecule has 0 saturated heterocycles. The van der Waals surface area contributed by atoms with Crippen molar-refractivity contribution in [2.45, 2.75) is 19.3 Å². The van der Waals surface area contributed by atoms with Crippen molar-refractivity contribution >= 4 is 0 Å². The van der Waals surface area contributed by atoms with Crippen LogP contribution in [0.5, 0.6) is 0 Å². The van der Waals surface area contributed by atoms with Crippen LogP contribution in [-0.2, 0) is 19.5 Å². The van der Waals surface area contributed by atoms with Gasteiger partial charge in [-0.15, -0.1) is 0 Å². The van der Waals surface area contributed by atoms with Gasteiger partial charge in [0.1, 0.15) is 0 Å². The van der Waals surface area contributed by atoms with Gasteiger partial charge in [-0.2, -0.15) is 5.92 Å². The van der Waals surface area contributed by atoms with Gasteiger partial charge in [0.2, 0.25) is 0 Å². The van der Waals surface area contributed by atoms with Gasteiger partial charge in [-0.25, -0.2) is 0 Å². The first-order valence-electron chi connectivity index (χ1n) is 2.22. The molecule has 0 unspecified atom stereocenters. The molecular formula is C5H9Zn-. The molecule has 0 aromatic carbocycles. The average molecular weight is 135 g/mol. The monoisotopic (exact) mass is 133 g/mol. The molecule has 0 N–H and O–H groups in total. The molecule has 0 nitrogen and oxygen atoms in total. The molecule has 0 aromatic heterocycles. The molecule has 1 aliphatic carbocycles. The molecule has 1 rings (SSSR count). The zero-order valence-corrected chi connectivity index (χ0v) is 7.08. The second-order valence-electron chi connectivity index (χ2n) is 1.80. The molecule has 0 amide bonds. The third-order valence-electron chi connectivity index (χ3n) is 1.22. The average Bonchev–Trinajstić information content (AvgIpc) is 1.30. The van der Waals surface area contributed by atoms with Crippen LogP contribution >= 0.6 is 0 Å². The maximum absolute atomic E-state index is 3.84. The second-order valence-corrected chi connectivity index (χ2v) is 1.80. The molecular weight excluding hydrogens is 125 g/mol. The predicted octanol–water partition coefficient (Wildman–Crippen LogP) is 1.62. The van der Waals surface area contributed by atoms with E-state index in [0.717, 1.165) is 5.92 Å². The third-order valence-corrected chi connectivity index (χ3v) is 1.22. The van der Waals surface area contributed by atoms with Crippen LogP contribution in [0, 0.1) is 12.8 Å². The van der Waals surface area contributed by atoms with Crippen molar-refractivity contribution in [3.63, 3.8) is 0 Å². The normalized spacial score (nSPS) is 21.5. The Labute approximate surface area is 52.1 Å². The Balaban J connectivity index is 0.000000250. The van der Waals surface area contributed by atoms with Crippen molar-refractivity contribution in [2.24, 2.45) is 5.92 Å². The van der Waals surface area contributed by atoms with Gasteiger partial charge in [-0.05, 0) is 0 Å². The van der Waals surface area contributed by atoms with Crippen molar-refractivity contribution < 1.29 is 19.5 Å². The van der Waals surface area contributed by atoms with Gasteiger partial charge in [0, 0.05) is 19.5 Å². The fourth-order valence-electron chi connectivity index (χ4n) is 0.493. The molecule has 1 heteroatoms. The number of hydrogen-bond donors (Lipinski definition) is 0. The van der Waals surface area contributed by atoms with Crippen LogP contribution in [0.3, 0.4) is 0 Å². The van der Waals surface area contributed by atoms with Gasteiger partial charge in [-0.1, -0.05) is 19.3 Å². The summed E-state index contributed by atoms with van der Waals surface area (Å²) in [6, 6.07) is 0. The summed E-state index contributed by atoms with van der Waals surface area (Å²) in [4.78, 5) is 0. The third kappa shape index (κ3) is 1.38. The molecule has 32 valence electrons. The molecule has 0 aromatic rings. The molecule has 0 heterocycles. The summed E-state index contributed by atoms with van der Waals surface area (Å²) >= 11 is 0. The topological polar surface area (TPSA) is 0 Å². The van der Waals surface area contributed by atoms with Crippen molar-refractivity contribution in [3.8, 4) is 0 Å². The first kappa shape index (κ1) is 6.62. The van der Waals surface area contributed by atoms with Crippen LogP contribution in [-0.4, -0.2) is 0 Å². The zero-order chi connectivity index (χ0) is 3.70. The van der Waals surface area contributed by atoms with E-state index in [9.17, 15) is 0 Å². The maximum atomic E-state index is 3.84. The van der Waals surface area contributed by atoms with Crippen molar-refractivity contribution in [1.29, 1.82) is 0 Å². The Hall–Kier alpha value is 0.623. The molecule has 6 heavy (non-hydrogen) atoms. The summed E-state index contributed by atoms with van der Waals surface area (Å²) < 4.78 is 0. The van der Waals surface area contributed by atoms with Crippen molar-refractivity contribution in [1.82, 2.24) is 0 Å². The van der Waals surface area contributed by atoms with Gasteiger partial charge in [0.25, 0.3) is 0 Å². The van der Waals surface area contributed by atoms with Crippen LogP contribution in [0.4, 0.5) is 0 Å². The SMILES string of the molecule is [CH2-]C1CCC1.[Zn]. The first-order valence-corrected chi connectivity index (χ1v) is 2.22. The predicted molar refractivity (Wildman–Crippen MR) is 22.7 cm³/mol. The molecule has 1 saturated carbocycles. The summed E-state index contributed by atoms with van der Waals surface area (Å²) in [6.45, 7) is 3.84. The van der Waals surface area contributed by atoms with E-state index in [2.05, 4.69) is 6.92 Å². The smallest absolute Gasteiger partial charge is 0 e. The van der Waals surface area contributed by atoms with E-state index in [1.165, 1.54) is 19.3 Å². The fraction of sp³-hybridized carbons (Fsp3) is 0.800. The Morgan fingerprint density at radius 1 is 1.33 bits per heavy atom.